The van der Waals surface area contributed by atoms with Crippen molar-refractivity contribution in [2.75, 3.05) is 6.54 Å². The van der Waals surface area contributed by atoms with E-state index in [1.54, 1.807) is 0 Å². The van der Waals surface area contributed by atoms with Crippen molar-refractivity contribution in [3.8, 4) is 0 Å². The van der Waals surface area contributed by atoms with Gasteiger partial charge in [0.25, 0.3) is 0 Å². The molecule has 1 N–H and O–H groups in total. The van der Waals surface area contributed by atoms with E-state index in [-0.39, 0.29) is 12.0 Å². The minimum absolute atomic E-state index is 0.129. The molecule has 100 valence electrons. The van der Waals surface area contributed by atoms with Gasteiger partial charge in [-0.2, -0.15) is 0 Å². The van der Waals surface area contributed by atoms with E-state index in [0.717, 1.165) is 19.4 Å². The van der Waals surface area contributed by atoms with Gasteiger partial charge in [0.1, 0.15) is 0 Å². The fourth-order valence-electron chi connectivity index (χ4n) is 2.81. The molecule has 0 bridgehead atoms. The molecule has 2 heterocycles. The molecule has 1 fully saturated rings. The standard InChI is InChI=1S/C14H21NO2S/c1-4-11-5-6-13(18-11)10(3)15-8-7-12(9(15)2)14(16)17/h5-6,9-10,12H,4,7-8H2,1-3H3,(H,16,17). The molecule has 3 unspecified atom stereocenters. The molecular formula is C14H21NO2S. The average Bonchev–Trinajstić information content (AvgIpc) is 2.94. The second-order valence-corrected chi connectivity index (χ2v) is 6.25. The van der Waals surface area contributed by atoms with Crippen molar-refractivity contribution in [1.29, 1.82) is 0 Å². The van der Waals surface area contributed by atoms with Crippen LogP contribution in [0.4, 0.5) is 0 Å². The van der Waals surface area contributed by atoms with Gasteiger partial charge in [0.2, 0.25) is 0 Å². The van der Waals surface area contributed by atoms with E-state index < -0.39 is 5.97 Å². The number of carbonyl (C=O) groups is 1. The summed E-state index contributed by atoms with van der Waals surface area (Å²) in [7, 11) is 0. The van der Waals surface area contributed by atoms with Crippen molar-refractivity contribution in [1.82, 2.24) is 4.90 Å². The fourth-order valence-corrected chi connectivity index (χ4v) is 3.84. The van der Waals surface area contributed by atoms with Gasteiger partial charge in [-0.05, 0) is 45.4 Å². The van der Waals surface area contributed by atoms with Gasteiger partial charge in [-0.3, -0.25) is 9.69 Å². The van der Waals surface area contributed by atoms with E-state index in [9.17, 15) is 9.90 Å². The molecule has 1 aliphatic rings. The molecule has 1 aliphatic heterocycles. The largest absolute Gasteiger partial charge is 0.481 e. The Morgan fingerprint density at radius 2 is 2.33 bits per heavy atom. The maximum atomic E-state index is 11.1. The van der Waals surface area contributed by atoms with Gasteiger partial charge in [0.15, 0.2) is 0 Å². The molecule has 0 aromatic carbocycles. The van der Waals surface area contributed by atoms with Gasteiger partial charge in [0, 0.05) is 21.8 Å². The lowest BCUT2D eigenvalue weighted by Crippen LogP contribution is -2.34. The normalized spacial score (nSPS) is 26.4. The van der Waals surface area contributed by atoms with Crippen LogP contribution in [0.3, 0.4) is 0 Å². The number of nitrogens with zero attached hydrogens (tertiary/aromatic N) is 1. The molecule has 0 radical (unpaired) electrons. The molecule has 1 aromatic rings. The van der Waals surface area contributed by atoms with Crippen LogP contribution in [0.1, 0.15) is 43.0 Å². The number of carboxylic acids is 1. The third-order valence-electron chi connectivity index (χ3n) is 4.06. The first kappa shape index (κ1) is 13.6. The molecule has 1 saturated heterocycles. The molecule has 0 spiro atoms. The van der Waals surface area contributed by atoms with E-state index in [4.69, 9.17) is 0 Å². The zero-order chi connectivity index (χ0) is 13.3. The van der Waals surface area contributed by atoms with Crippen LogP contribution >= 0.6 is 11.3 Å². The summed E-state index contributed by atoms with van der Waals surface area (Å²) in [6, 6.07) is 4.83. The molecule has 0 aliphatic carbocycles. The maximum absolute atomic E-state index is 11.1. The van der Waals surface area contributed by atoms with E-state index in [1.807, 2.05) is 18.3 Å². The highest BCUT2D eigenvalue weighted by molar-refractivity contribution is 7.12. The maximum Gasteiger partial charge on any atom is 0.308 e. The molecule has 2 rings (SSSR count). The van der Waals surface area contributed by atoms with Crippen molar-refractivity contribution in [3.05, 3.63) is 21.9 Å². The van der Waals surface area contributed by atoms with Crippen molar-refractivity contribution < 1.29 is 9.90 Å². The second kappa shape index (κ2) is 5.41. The number of likely N-dealkylation sites (tertiary alicyclic amines) is 1. The zero-order valence-corrected chi connectivity index (χ0v) is 12.0. The van der Waals surface area contributed by atoms with Crippen LogP contribution in [0.25, 0.3) is 0 Å². The first-order chi connectivity index (χ1) is 8.54. The lowest BCUT2D eigenvalue weighted by molar-refractivity contribution is -0.142. The highest BCUT2D eigenvalue weighted by Gasteiger charge is 2.38. The Kier molecular flexibility index (Phi) is 4.07. The van der Waals surface area contributed by atoms with Gasteiger partial charge < -0.3 is 5.11 Å². The number of aliphatic carboxylic acids is 1. The smallest absolute Gasteiger partial charge is 0.308 e. The van der Waals surface area contributed by atoms with Crippen LogP contribution in [0.5, 0.6) is 0 Å². The summed E-state index contributed by atoms with van der Waals surface area (Å²) in [5.41, 5.74) is 0. The third kappa shape index (κ3) is 2.45. The number of rotatable bonds is 4. The minimum Gasteiger partial charge on any atom is -0.481 e. The summed E-state index contributed by atoms with van der Waals surface area (Å²) in [6.07, 6.45) is 1.84. The zero-order valence-electron chi connectivity index (χ0n) is 11.2. The predicted octanol–water partition coefficient (Wildman–Crippen LogP) is 3.17. The molecule has 3 atom stereocenters. The number of hydrogen-bond acceptors (Lipinski definition) is 3. The average molecular weight is 267 g/mol. The molecule has 1 aromatic heterocycles. The lowest BCUT2D eigenvalue weighted by Gasteiger charge is -2.29. The van der Waals surface area contributed by atoms with Crippen molar-refractivity contribution in [2.24, 2.45) is 5.92 Å². The van der Waals surface area contributed by atoms with Gasteiger partial charge >= 0.3 is 5.97 Å². The summed E-state index contributed by atoms with van der Waals surface area (Å²) in [5, 5.41) is 9.17. The van der Waals surface area contributed by atoms with Crippen molar-refractivity contribution >= 4 is 17.3 Å². The monoisotopic (exact) mass is 267 g/mol. The number of carboxylic acid groups (broad SMARTS) is 1. The van der Waals surface area contributed by atoms with Crippen LogP contribution in [0.15, 0.2) is 12.1 Å². The summed E-state index contributed by atoms with van der Waals surface area (Å²) in [5.74, 6) is -0.865. The van der Waals surface area contributed by atoms with Gasteiger partial charge in [-0.1, -0.05) is 6.92 Å². The van der Waals surface area contributed by atoms with Crippen LogP contribution < -0.4 is 0 Å². The molecule has 0 amide bonds. The van der Waals surface area contributed by atoms with E-state index in [0.29, 0.717) is 6.04 Å². The summed E-state index contributed by atoms with van der Waals surface area (Å²) in [4.78, 5) is 16.2. The third-order valence-corrected chi connectivity index (χ3v) is 5.46. The predicted molar refractivity (Wildman–Crippen MR) is 74.0 cm³/mol. The van der Waals surface area contributed by atoms with Gasteiger partial charge in [0.05, 0.1) is 5.92 Å². The van der Waals surface area contributed by atoms with Crippen LogP contribution in [-0.2, 0) is 11.2 Å². The number of aryl methyl sites for hydroxylation is 1. The van der Waals surface area contributed by atoms with Crippen LogP contribution in [0.2, 0.25) is 0 Å². The molecule has 18 heavy (non-hydrogen) atoms. The van der Waals surface area contributed by atoms with E-state index in [2.05, 4.69) is 30.9 Å². The van der Waals surface area contributed by atoms with Gasteiger partial charge in [-0.15, -0.1) is 11.3 Å². The van der Waals surface area contributed by atoms with E-state index >= 15 is 0 Å². The SMILES string of the molecule is CCc1ccc(C(C)N2CCC(C(=O)O)C2C)s1. The first-order valence-corrected chi connectivity index (χ1v) is 7.43. The molecule has 4 heteroatoms. The number of thiophene rings is 1. The van der Waals surface area contributed by atoms with Crippen LogP contribution in [0, 0.1) is 5.92 Å². The first-order valence-electron chi connectivity index (χ1n) is 6.61. The van der Waals surface area contributed by atoms with E-state index in [1.165, 1.54) is 9.75 Å². The number of hydrogen-bond donors (Lipinski definition) is 1. The quantitative estimate of drug-likeness (QED) is 0.911. The highest BCUT2D eigenvalue weighted by atomic mass is 32.1. The summed E-state index contributed by atoms with van der Waals surface area (Å²) in [6.45, 7) is 7.28. The van der Waals surface area contributed by atoms with Crippen molar-refractivity contribution in [2.45, 2.75) is 45.7 Å². The Morgan fingerprint density at radius 1 is 1.61 bits per heavy atom. The second-order valence-electron chi connectivity index (χ2n) is 5.05. The van der Waals surface area contributed by atoms with Crippen molar-refractivity contribution in [3.63, 3.8) is 0 Å². The Balaban J connectivity index is 2.10. The lowest BCUT2D eigenvalue weighted by atomic mass is 10.0. The highest BCUT2D eigenvalue weighted by Crippen LogP contribution is 2.35. The molecule has 3 nitrogen and oxygen atoms in total. The topological polar surface area (TPSA) is 40.5 Å². The Morgan fingerprint density at radius 3 is 2.83 bits per heavy atom. The Hall–Kier alpha value is -0.870. The van der Waals surface area contributed by atoms with Gasteiger partial charge in [-0.25, -0.2) is 0 Å². The van der Waals surface area contributed by atoms with Crippen LogP contribution in [-0.4, -0.2) is 28.6 Å². The molecule has 0 saturated carbocycles. The summed E-state index contributed by atoms with van der Waals surface area (Å²) >= 11 is 1.85. The Bertz CT molecular complexity index is 429. The summed E-state index contributed by atoms with van der Waals surface area (Å²) < 4.78 is 0. The molecular weight excluding hydrogens is 246 g/mol. The fraction of sp³-hybridized carbons (Fsp3) is 0.643. The minimum atomic E-state index is -0.655. The Labute approximate surface area is 112 Å².